The van der Waals surface area contributed by atoms with E-state index in [0.29, 0.717) is 0 Å². The number of nitriles is 3. The first-order valence-corrected chi connectivity index (χ1v) is 34.2. The van der Waals surface area contributed by atoms with Crippen molar-refractivity contribution in [3.05, 3.63) is 249 Å². The van der Waals surface area contributed by atoms with Crippen molar-refractivity contribution in [2.45, 2.75) is 25.6 Å². The van der Waals surface area contributed by atoms with E-state index in [1.54, 1.807) is 133 Å². The second-order valence-corrected chi connectivity index (χ2v) is 35.6. The van der Waals surface area contributed by atoms with Crippen LogP contribution in [0, 0.1) is 40.1 Å². The summed E-state index contributed by atoms with van der Waals surface area (Å²) in [6, 6.07) is 76.9. The predicted octanol–water partition coefficient (Wildman–Crippen LogP) is 3.91. The molecule has 0 radical (unpaired) electrons. The normalized spacial score (nSPS) is 11.3. The molecule has 0 aliphatic carbocycles. The third kappa shape index (κ3) is 19.3. The van der Waals surface area contributed by atoms with Gasteiger partial charge in [0.2, 0.25) is 0 Å². The number of alkyl halides is 3. The van der Waals surface area contributed by atoms with Gasteiger partial charge in [-0.2, -0.15) is 0 Å². The van der Waals surface area contributed by atoms with Crippen LogP contribution in [0.15, 0.2) is 243 Å². The molecule has 0 aliphatic rings. The van der Waals surface area contributed by atoms with Gasteiger partial charge < -0.3 is 48.8 Å². The number of nitrogens with zero attached hydrogens (tertiary/aromatic N) is 3. The zero-order valence-corrected chi connectivity index (χ0v) is 59.3. The van der Waals surface area contributed by atoms with Crippen LogP contribution in [0.3, 0.4) is 0 Å². The zero-order chi connectivity index (χ0) is 58.5. The van der Waals surface area contributed by atoms with Crippen LogP contribution in [0.25, 0.3) is 0 Å². The van der Waals surface area contributed by atoms with E-state index in [-0.39, 0.29) is 141 Å². The van der Waals surface area contributed by atoms with Gasteiger partial charge in [-0.05, 0) is 0 Å². The fraction of sp³-hybridized carbons (Fsp3) is 0.133. The van der Waals surface area contributed by atoms with E-state index in [9.17, 15) is 13.2 Å². The quantitative estimate of drug-likeness (QED) is 0.0792. The monoisotopic (exact) mass is 1350 g/mol. The van der Waals surface area contributed by atoms with Gasteiger partial charge in [-0.1, -0.05) is 19.6 Å². The van der Waals surface area contributed by atoms with Gasteiger partial charge in [-0.25, -0.2) is 15.8 Å². The van der Waals surface area contributed by atoms with Crippen LogP contribution in [-0.2, 0) is 18.6 Å². The maximum Gasteiger partial charge on any atom is 1.00 e. The molecule has 0 N–H and O–H groups in total. The SMILES string of the molecule is BrP(c1ccccc1)(c1ccccc1)(c1ccccc1)c1ccccc1.COB(C#N)C#N.COB(OC)OC.C[Si](C)(C)C#N.FC(F)(F)P(c1ccccc1)(c1ccccc1)(c1ccccc1)c1ccccc1.F[C-](F)F.[Br-].[K+].[K+]. The van der Waals surface area contributed by atoms with Crippen LogP contribution in [0.5, 0.6) is 0 Å². The van der Waals surface area contributed by atoms with Crippen molar-refractivity contribution in [2.24, 2.45) is 0 Å². The molecule has 418 valence electrons. The summed E-state index contributed by atoms with van der Waals surface area (Å²) in [6.45, 7) is -3.00. The van der Waals surface area contributed by atoms with Crippen molar-refractivity contribution in [1.29, 1.82) is 15.8 Å². The van der Waals surface area contributed by atoms with E-state index in [2.05, 4.69) is 161 Å². The van der Waals surface area contributed by atoms with Crippen LogP contribution < -0.4 is 162 Å². The van der Waals surface area contributed by atoms with Gasteiger partial charge in [0, 0.05) is 34.1 Å². The van der Waals surface area contributed by atoms with Crippen molar-refractivity contribution < 1.29 is 165 Å². The molecule has 82 heavy (non-hydrogen) atoms. The molecule has 8 aromatic carbocycles. The van der Waals surface area contributed by atoms with Gasteiger partial charge in [-0.15, -0.1) is 0 Å². The van der Waals surface area contributed by atoms with E-state index in [0.717, 1.165) is 0 Å². The smallest absolute Gasteiger partial charge is 1.00 e. The molecule has 0 saturated carbocycles. The first kappa shape index (κ1) is 79.1. The number of hydrogen-bond acceptors (Lipinski definition) is 7. The minimum absolute atomic E-state index is 0. The predicted molar refractivity (Wildman–Crippen MR) is 324 cm³/mol. The van der Waals surface area contributed by atoms with Crippen LogP contribution >= 0.6 is 27.4 Å². The van der Waals surface area contributed by atoms with E-state index in [1.807, 2.05) is 19.6 Å². The fourth-order valence-electron chi connectivity index (χ4n) is 8.53. The van der Waals surface area contributed by atoms with Crippen LogP contribution in [-0.4, -0.2) is 56.7 Å². The Kier molecular flexibility index (Phi) is 37.6. The Labute approximate surface area is 585 Å². The van der Waals surface area contributed by atoms with Crippen LogP contribution in [0.4, 0.5) is 26.3 Å². The summed E-state index contributed by atoms with van der Waals surface area (Å²) in [4.78, 5) is 0. The summed E-state index contributed by atoms with van der Waals surface area (Å²) < 4.78 is 94.4. The molecule has 7 nitrogen and oxygen atoms in total. The molecule has 0 heterocycles. The Hall–Kier alpha value is -2.91. The summed E-state index contributed by atoms with van der Waals surface area (Å²) in [6.07, 6.45) is 0. The van der Waals surface area contributed by atoms with Crippen molar-refractivity contribution in [3.63, 3.8) is 0 Å². The fourth-order valence-corrected chi connectivity index (χ4v) is 22.1. The average Bonchev–Trinajstić information content (AvgIpc) is 0.871. The molecule has 0 spiro atoms. The third-order valence-corrected chi connectivity index (χ3v) is 28.9. The number of rotatable bonds is 12. The first-order valence-electron chi connectivity index (χ1n) is 24.2. The molecular weight excluding hydrogens is 1290 g/mol. The molecule has 0 aromatic heterocycles. The molecule has 0 saturated heterocycles. The molecule has 22 heteroatoms. The van der Waals surface area contributed by atoms with Crippen LogP contribution in [0.2, 0.25) is 19.6 Å². The molecule has 8 aromatic rings. The second kappa shape index (κ2) is 39.0. The van der Waals surface area contributed by atoms with E-state index < -0.39 is 46.8 Å². The number of benzene rings is 8. The summed E-state index contributed by atoms with van der Waals surface area (Å²) in [5.74, 6) is -1.31. The average molecular weight is 1350 g/mol. The van der Waals surface area contributed by atoms with E-state index in [1.165, 1.54) is 49.7 Å². The van der Waals surface area contributed by atoms with Gasteiger partial charge in [0.15, 0.2) is 14.8 Å². The Bertz CT molecular complexity index is 2770. The summed E-state index contributed by atoms with van der Waals surface area (Å²) >= 11 is 4.46. The Morgan fingerprint density at radius 1 is 0.415 bits per heavy atom. The Balaban J connectivity index is 0.00000112. The van der Waals surface area contributed by atoms with Crippen molar-refractivity contribution >= 4 is 92.1 Å². The minimum atomic E-state index is -5.08. The van der Waals surface area contributed by atoms with Crippen molar-refractivity contribution in [2.75, 3.05) is 28.4 Å². The topological polar surface area (TPSA) is 108 Å². The van der Waals surface area contributed by atoms with Crippen LogP contribution in [0.1, 0.15) is 0 Å². The van der Waals surface area contributed by atoms with Crippen molar-refractivity contribution in [3.8, 4) is 17.6 Å². The third-order valence-electron chi connectivity index (χ3n) is 11.9. The van der Waals surface area contributed by atoms with Crippen molar-refractivity contribution in [1.82, 2.24) is 0 Å². The largest absolute Gasteiger partial charge is 1.00 e. The maximum absolute atomic E-state index is 15.8. The molecular formula is C60H61B2Br2F6K2N3O4P2Si. The Morgan fingerprint density at radius 2 is 0.585 bits per heavy atom. The van der Waals surface area contributed by atoms with Gasteiger partial charge in [0.25, 0.3) is 0 Å². The Morgan fingerprint density at radius 3 is 0.683 bits per heavy atom. The van der Waals surface area contributed by atoms with Gasteiger partial charge >= 0.3 is 449 Å². The molecule has 0 aliphatic heterocycles. The molecule has 0 fully saturated rings. The minimum Gasteiger partial charge on any atom is -1.00 e. The van der Waals surface area contributed by atoms with Gasteiger partial charge in [0.1, 0.15) is 0 Å². The number of halogens is 8. The standard InChI is InChI=1S/C25H20F3P.C24H20BrP.C4H9NSi.C3H3BN2O.C3H9BO3.CF3.BrH.2K/c26-25(27,28)29(21-13-5-1-6-14-21,22-15-7-2-8-16-22,23-17-9-3-10-18-23)24-19-11-4-12-20-24;25-26(21-13-5-1-6-14-21,22-15-7-2-8-16-22,23-17-9-3-10-18-23)24-19-11-4-12-20-24;1-6(2,3)4-5;1-7-4(2-5)3-6;1-5-4(6-2)7-3;2-1(3)4;;;/h1-20H;1-20H;1-3H3;1H3;1-3H3;;1H;;/q;;;;;-1;;2*+1/p-1. The van der Waals surface area contributed by atoms with E-state index in [4.69, 9.17) is 15.8 Å². The van der Waals surface area contributed by atoms with Gasteiger partial charge in [-0.3, -0.25) is 0 Å². The molecule has 8 rings (SSSR count). The molecule has 0 unspecified atom stereocenters. The molecule has 0 atom stereocenters. The summed E-state index contributed by atoms with van der Waals surface area (Å²) in [5, 5.41) is 27.4. The summed E-state index contributed by atoms with van der Waals surface area (Å²) in [5.41, 5.74) is 2.24. The summed E-state index contributed by atoms with van der Waals surface area (Å²) in [7, 11) is 4.01. The first-order chi connectivity index (χ1) is 37.8. The molecule has 0 bridgehead atoms. The second-order valence-electron chi connectivity index (χ2n) is 17.7. The van der Waals surface area contributed by atoms with Gasteiger partial charge in [0.05, 0.1) is 11.9 Å². The maximum atomic E-state index is 15.8. The number of hydrogen-bond donors (Lipinski definition) is 0. The molecule has 0 amide bonds. The zero-order valence-electron chi connectivity index (χ0n) is 47.1. The van der Waals surface area contributed by atoms with E-state index >= 15 is 13.2 Å².